The summed E-state index contributed by atoms with van der Waals surface area (Å²) in [5.74, 6) is -0.0947. The van der Waals surface area contributed by atoms with Crippen molar-refractivity contribution in [2.75, 3.05) is 0 Å². The van der Waals surface area contributed by atoms with Crippen LogP contribution in [0.2, 0.25) is 0 Å². The lowest BCUT2D eigenvalue weighted by Crippen LogP contribution is -2.01. The minimum absolute atomic E-state index is 0.200. The number of hydrogen-bond donors (Lipinski definition) is 0. The Kier molecular flexibility index (Phi) is 4.26. The van der Waals surface area contributed by atoms with Crippen molar-refractivity contribution in [1.29, 1.82) is 0 Å². The fourth-order valence-electron chi connectivity index (χ4n) is 1.24. The number of carbonyl (C=O) groups is 1. The Morgan fingerprint density at radius 3 is 2.79 bits per heavy atom. The Hall–Kier alpha value is -0.700. The lowest BCUT2D eigenvalue weighted by atomic mass is 10.1. The highest BCUT2D eigenvalue weighted by molar-refractivity contribution is 9.10. The van der Waals surface area contributed by atoms with Gasteiger partial charge in [0.25, 0.3) is 0 Å². The maximum atomic E-state index is 12.9. The molecule has 0 N–H and O–H groups in total. The van der Waals surface area contributed by atoms with Crippen LogP contribution in [0.15, 0.2) is 22.7 Å². The molecule has 3 heteroatoms. The van der Waals surface area contributed by atoms with Crippen LogP contribution in [0.3, 0.4) is 0 Å². The average Bonchev–Trinajstić information content (AvgIpc) is 2.12. The van der Waals surface area contributed by atoms with E-state index in [9.17, 15) is 9.18 Å². The third-order valence-electron chi connectivity index (χ3n) is 1.91. The summed E-state index contributed by atoms with van der Waals surface area (Å²) in [5, 5.41) is 0. The first kappa shape index (κ1) is 11.4. The van der Waals surface area contributed by atoms with Gasteiger partial charge in [-0.1, -0.05) is 13.0 Å². The fraction of sp³-hybridized carbons (Fsp3) is 0.364. The zero-order chi connectivity index (χ0) is 10.6. The molecule has 1 rings (SSSR count). The molecule has 0 aliphatic heterocycles. The van der Waals surface area contributed by atoms with Crippen molar-refractivity contribution in [3.05, 3.63) is 34.1 Å². The van der Waals surface area contributed by atoms with Crippen LogP contribution in [0.25, 0.3) is 0 Å². The van der Waals surface area contributed by atoms with Crippen molar-refractivity contribution in [1.82, 2.24) is 0 Å². The molecule has 14 heavy (non-hydrogen) atoms. The minimum atomic E-state index is -0.295. The molecule has 0 atom stereocenters. The molecule has 1 aromatic carbocycles. The molecule has 0 aliphatic rings. The zero-order valence-corrected chi connectivity index (χ0v) is 9.60. The van der Waals surface area contributed by atoms with Crippen LogP contribution < -0.4 is 0 Å². The van der Waals surface area contributed by atoms with Crippen LogP contribution in [0.4, 0.5) is 4.39 Å². The molecule has 1 aromatic rings. The van der Waals surface area contributed by atoms with Gasteiger partial charge >= 0.3 is 0 Å². The molecule has 0 saturated heterocycles. The predicted molar refractivity (Wildman–Crippen MR) is 57.7 cm³/mol. The van der Waals surface area contributed by atoms with Crippen molar-refractivity contribution >= 4 is 21.7 Å². The van der Waals surface area contributed by atoms with Crippen molar-refractivity contribution in [3.8, 4) is 0 Å². The van der Waals surface area contributed by atoms with Crippen molar-refractivity contribution in [3.63, 3.8) is 0 Å². The lowest BCUT2D eigenvalue weighted by Gasteiger charge is -2.01. The molecule has 0 aliphatic carbocycles. The summed E-state index contributed by atoms with van der Waals surface area (Å²) in [6.45, 7) is 1.97. The highest BCUT2D eigenvalue weighted by atomic mass is 79.9. The molecule has 0 saturated carbocycles. The molecule has 0 spiro atoms. The van der Waals surface area contributed by atoms with E-state index in [4.69, 9.17) is 0 Å². The maximum absolute atomic E-state index is 12.9. The van der Waals surface area contributed by atoms with Gasteiger partial charge in [0.15, 0.2) is 0 Å². The molecule has 0 amide bonds. The number of carbonyl (C=O) groups excluding carboxylic acids is 1. The summed E-state index contributed by atoms with van der Waals surface area (Å²) in [5.41, 5.74) is 0.858. The smallest absolute Gasteiger partial charge is 0.137 e. The van der Waals surface area contributed by atoms with Gasteiger partial charge in [0.05, 0.1) is 4.47 Å². The predicted octanol–water partition coefficient (Wildman–Crippen LogP) is 3.50. The number of benzene rings is 1. The van der Waals surface area contributed by atoms with E-state index in [-0.39, 0.29) is 11.6 Å². The lowest BCUT2D eigenvalue weighted by molar-refractivity contribution is -0.118. The van der Waals surface area contributed by atoms with Gasteiger partial charge in [0.2, 0.25) is 0 Å². The van der Waals surface area contributed by atoms with E-state index < -0.39 is 0 Å². The van der Waals surface area contributed by atoms with Crippen molar-refractivity contribution < 1.29 is 9.18 Å². The second kappa shape index (κ2) is 5.25. The van der Waals surface area contributed by atoms with E-state index in [1.807, 2.05) is 6.92 Å². The van der Waals surface area contributed by atoms with E-state index in [1.54, 1.807) is 12.1 Å². The number of halogens is 2. The Labute approximate surface area is 91.5 Å². The Morgan fingerprint density at radius 2 is 2.21 bits per heavy atom. The first-order chi connectivity index (χ1) is 6.63. The van der Waals surface area contributed by atoms with E-state index in [0.29, 0.717) is 17.3 Å². The van der Waals surface area contributed by atoms with E-state index in [0.717, 1.165) is 12.0 Å². The van der Waals surface area contributed by atoms with E-state index >= 15 is 0 Å². The van der Waals surface area contributed by atoms with Crippen LogP contribution in [-0.4, -0.2) is 5.78 Å². The summed E-state index contributed by atoms with van der Waals surface area (Å²) in [7, 11) is 0. The number of rotatable bonds is 4. The zero-order valence-electron chi connectivity index (χ0n) is 8.02. The fourth-order valence-corrected chi connectivity index (χ4v) is 1.67. The minimum Gasteiger partial charge on any atom is -0.299 e. The van der Waals surface area contributed by atoms with Gasteiger partial charge in [-0.2, -0.15) is 0 Å². The highest BCUT2D eigenvalue weighted by Crippen LogP contribution is 2.17. The summed E-state index contributed by atoms with van der Waals surface area (Å²) in [6.07, 6.45) is 1.85. The van der Waals surface area contributed by atoms with Gasteiger partial charge in [0, 0.05) is 12.8 Å². The normalized spacial score (nSPS) is 10.2. The van der Waals surface area contributed by atoms with Crippen LogP contribution in [-0.2, 0) is 11.2 Å². The molecular formula is C11H12BrFO. The number of Topliss-reactive ketones (excluding diaryl/α,β-unsaturated/α-hetero) is 1. The number of hydrogen-bond acceptors (Lipinski definition) is 1. The molecule has 0 radical (unpaired) electrons. The largest absolute Gasteiger partial charge is 0.299 e. The standard InChI is InChI=1S/C11H12BrFO/c1-2-3-9(14)6-8-4-5-11(13)10(12)7-8/h4-5,7H,2-3,6H2,1H3. The molecule has 0 unspecified atom stereocenters. The van der Waals surface area contributed by atoms with Crippen molar-refractivity contribution in [2.45, 2.75) is 26.2 Å². The maximum Gasteiger partial charge on any atom is 0.137 e. The first-order valence-electron chi connectivity index (χ1n) is 4.59. The van der Waals surface area contributed by atoms with Gasteiger partial charge in [0.1, 0.15) is 11.6 Å². The summed E-state index contributed by atoms with van der Waals surface area (Å²) in [4.78, 5) is 11.3. The van der Waals surface area contributed by atoms with E-state index in [1.165, 1.54) is 6.07 Å². The van der Waals surface area contributed by atoms with Gasteiger partial charge in [-0.05, 0) is 40.0 Å². The van der Waals surface area contributed by atoms with Gasteiger partial charge in [-0.25, -0.2) is 4.39 Å². The third kappa shape index (κ3) is 3.22. The molecule has 76 valence electrons. The quantitative estimate of drug-likeness (QED) is 0.808. The third-order valence-corrected chi connectivity index (χ3v) is 2.52. The summed E-state index contributed by atoms with van der Waals surface area (Å²) < 4.78 is 13.3. The second-order valence-corrected chi connectivity index (χ2v) is 4.07. The molecular weight excluding hydrogens is 247 g/mol. The highest BCUT2D eigenvalue weighted by Gasteiger charge is 2.05. The topological polar surface area (TPSA) is 17.1 Å². The molecule has 0 heterocycles. The van der Waals surface area contributed by atoms with Gasteiger partial charge in [-0.15, -0.1) is 0 Å². The van der Waals surface area contributed by atoms with Crippen LogP contribution in [0.1, 0.15) is 25.3 Å². The molecule has 0 aromatic heterocycles. The molecule has 1 nitrogen and oxygen atoms in total. The Balaban J connectivity index is 2.68. The van der Waals surface area contributed by atoms with Crippen LogP contribution in [0.5, 0.6) is 0 Å². The first-order valence-corrected chi connectivity index (χ1v) is 5.38. The van der Waals surface area contributed by atoms with Crippen molar-refractivity contribution in [2.24, 2.45) is 0 Å². The Morgan fingerprint density at radius 1 is 1.50 bits per heavy atom. The molecule has 0 bridgehead atoms. The number of ketones is 1. The SMILES string of the molecule is CCCC(=O)Cc1ccc(F)c(Br)c1. The second-order valence-electron chi connectivity index (χ2n) is 3.21. The van der Waals surface area contributed by atoms with Crippen LogP contribution in [0, 0.1) is 5.82 Å². The van der Waals surface area contributed by atoms with Gasteiger partial charge < -0.3 is 0 Å². The molecule has 0 fully saturated rings. The van der Waals surface area contributed by atoms with E-state index in [2.05, 4.69) is 15.9 Å². The van der Waals surface area contributed by atoms with Crippen LogP contribution >= 0.6 is 15.9 Å². The monoisotopic (exact) mass is 258 g/mol. The Bertz CT molecular complexity index is 336. The summed E-state index contributed by atoms with van der Waals surface area (Å²) >= 11 is 3.09. The van der Waals surface area contributed by atoms with Gasteiger partial charge in [-0.3, -0.25) is 4.79 Å². The summed E-state index contributed by atoms with van der Waals surface area (Å²) in [6, 6.07) is 4.68. The average molecular weight is 259 g/mol.